The lowest BCUT2D eigenvalue weighted by Gasteiger charge is -2.48. The second-order valence-corrected chi connectivity index (χ2v) is 5.04. The zero-order valence-electron chi connectivity index (χ0n) is 9.88. The summed E-state index contributed by atoms with van der Waals surface area (Å²) in [6.45, 7) is -0.363. The standard InChI is InChI=1S/C12H21O5/c13-7-8-10(14)11(15)12(16)6-4-2-1-3-5-9(12)17-8/h8,10-11,13-16H,1-7H2/t8-,10-,11+,12+/m1/s1. The normalized spacial score (nSPS) is 44.8. The van der Waals surface area contributed by atoms with Crippen molar-refractivity contribution in [3.63, 3.8) is 0 Å². The lowest BCUT2D eigenvalue weighted by atomic mass is 9.75. The Morgan fingerprint density at radius 2 is 1.88 bits per heavy atom. The van der Waals surface area contributed by atoms with Gasteiger partial charge in [0.25, 0.3) is 0 Å². The van der Waals surface area contributed by atoms with Crippen LogP contribution in [-0.4, -0.2) is 50.9 Å². The number of rotatable bonds is 1. The van der Waals surface area contributed by atoms with Gasteiger partial charge in [-0.3, -0.25) is 0 Å². The van der Waals surface area contributed by atoms with Crippen molar-refractivity contribution in [2.45, 2.75) is 62.4 Å². The van der Waals surface area contributed by atoms with Crippen molar-refractivity contribution < 1.29 is 25.2 Å². The van der Waals surface area contributed by atoms with Gasteiger partial charge < -0.3 is 25.2 Å². The van der Waals surface area contributed by atoms with E-state index in [1.807, 2.05) is 0 Å². The Labute approximate surface area is 101 Å². The van der Waals surface area contributed by atoms with Crippen LogP contribution >= 0.6 is 0 Å². The molecular formula is C12H21O5. The van der Waals surface area contributed by atoms with Gasteiger partial charge in [-0.1, -0.05) is 25.7 Å². The van der Waals surface area contributed by atoms with E-state index in [1.54, 1.807) is 0 Å². The zero-order chi connectivity index (χ0) is 12.5. The maximum absolute atomic E-state index is 10.5. The smallest absolute Gasteiger partial charge is 0.132 e. The number of fused-ring (bicyclic) bond motifs is 1. The molecule has 2 rings (SSSR count). The fourth-order valence-electron chi connectivity index (χ4n) is 2.75. The molecule has 2 aliphatic rings. The lowest BCUT2D eigenvalue weighted by molar-refractivity contribution is -0.239. The van der Waals surface area contributed by atoms with E-state index in [1.165, 1.54) is 0 Å². The van der Waals surface area contributed by atoms with Crippen molar-refractivity contribution in [2.75, 3.05) is 6.61 Å². The Morgan fingerprint density at radius 1 is 1.18 bits per heavy atom. The van der Waals surface area contributed by atoms with Gasteiger partial charge in [-0.25, -0.2) is 0 Å². The summed E-state index contributed by atoms with van der Waals surface area (Å²) in [5.41, 5.74) is -1.45. The highest BCUT2D eigenvalue weighted by Crippen LogP contribution is 2.42. The molecule has 1 saturated carbocycles. The van der Waals surface area contributed by atoms with Crippen LogP contribution in [0.5, 0.6) is 0 Å². The van der Waals surface area contributed by atoms with Crippen LogP contribution in [0.25, 0.3) is 0 Å². The molecule has 5 heteroatoms. The molecule has 1 radical (unpaired) electrons. The fraction of sp³-hybridized carbons (Fsp3) is 0.917. The van der Waals surface area contributed by atoms with Crippen LogP contribution in [0.2, 0.25) is 0 Å². The van der Waals surface area contributed by atoms with Gasteiger partial charge in [0, 0.05) is 0 Å². The topological polar surface area (TPSA) is 90.2 Å². The minimum Gasteiger partial charge on any atom is -0.394 e. The van der Waals surface area contributed by atoms with Gasteiger partial charge in [0.1, 0.15) is 30.0 Å². The van der Waals surface area contributed by atoms with Crippen molar-refractivity contribution in [3.05, 3.63) is 6.10 Å². The molecule has 2 fully saturated rings. The van der Waals surface area contributed by atoms with E-state index in [2.05, 4.69) is 0 Å². The van der Waals surface area contributed by atoms with Gasteiger partial charge in [0.2, 0.25) is 0 Å². The summed E-state index contributed by atoms with van der Waals surface area (Å²) in [6, 6.07) is 0. The minimum absolute atomic E-state index is 0.363. The molecular weight excluding hydrogens is 224 g/mol. The van der Waals surface area contributed by atoms with Gasteiger partial charge in [-0.05, 0) is 12.8 Å². The van der Waals surface area contributed by atoms with Crippen LogP contribution in [-0.2, 0) is 4.74 Å². The van der Waals surface area contributed by atoms with E-state index in [0.717, 1.165) is 25.7 Å². The van der Waals surface area contributed by atoms with Crippen molar-refractivity contribution in [1.29, 1.82) is 0 Å². The summed E-state index contributed by atoms with van der Waals surface area (Å²) in [7, 11) is 0. The van der Waals surface area contributed by atoms with E-state index in [-0.39, 0.29) is 6.61 Å². The molecule has 0 aromatic rings. The SMILES string of the molecule is OC[C@H]1O[C]2CCCCCC[C@@]2(O)[C@@H](O)[C@@H]1O. The summed E-state index contributed by atoms with van der Waals surface area (Å²) in [5, 5.41) is 39.4. The third-order valence-corrected chi connectivity index (χ3v) is 3.86. The second kappa shape index (κ2) is 5.20. The number of aliphatic hydroxyl groups excluding tert-OH is 3. The first-order valence-corrected chi connectivity index (χ1v) is 6.32. The van der Waals surface area contributed by atoms with Gasteiger partial charge in [0.05, 0.1) is 6.61 Å². The molecule has 0 unspecified atom stereocenters. The molecule has 0 bridgehead atoms. The average Bonchev–Trinajstić information content (AvgIpc) is 2.31. The number of ether oxygens (including phenoxy) is 1. The van der Waals surface area contributed by atoms with Crippen LogP contribution < -0.4 is 0 Å². The Bertz CT molecular complexity index is 259. The first kappa shape index (κ1) is 13.2. The maximum Gasteiger partial charge on any atom is 0.132 e. The monoisotopic (exact) mass is 245 g/mol. The molecule has 1 aliphatic carbocycles. The van der Waals surface area contributed by atoms with Crippen molar-refractivity contribution in [1.82, 2.24) is 0 Å². The predicted molar refractivity (Wildman–Crippen MR) is 59.9 cm³/mol. The fourth-order valence-corrected chi connectivity index (χ4v) is 2.75. The third kappa shape index (κ3) is 2.35. The van der Waals surface area contributed by atoms with Crippen LogP contribution in [0.4, 0.5) is 0 Å². The van der Waals surface area contributed by atoms with Gasteiger partial charge in [-0.2, -0.15) is 0 Å². The summed E-state index contributed by atoms with van der Waals surface area (Å²) in [4.78, 5) is 0. The van der Waals surface area contributed by atoms with Gasteiger partial charge in [0.15, 0.2) is 0 Å². The van der Waals surface area contributed by atoms with Crippen LogP contribution in [0.15, 0.2) is 0 Å². The maximum atomic E-state index is 10.5. The largest absolute Gasteiger partial charge is 0.394 e. The minimum atomic E-state index is -1.45. The number of hydrogen-bond acceptors (Lipinski definition) is 5. The Morgan fingerprint density at radius 3 is 2.59 bits per heavy atom. The molecule has 4 N–H and O–H groups in total. The van der Waals surface area contributed by atoms with Gasteiger partial charge in [-0.15, -0.1) is 0 Å². The number of hydrogen-bond donors (Lipinski definition) is 4. The average molecular weight is 245 g/mol. The molecule has 1 aliphatic heterocycles. The Balaban J connectivity index is 2.18. The van der Waals surface area contributed by atoms with Crippen LogP contribution in [0.3, 0.4) is 0 Å². The quantitative estimate of drug-likeness (QED) is 0.510. The van der Waals surface area contributed by atoms with Crippen LogP contribution in [0.1, 0.15) is 38.5 Å². The summed E-state index contributed by atoms with van der Waals surface area (Å²) < 4.78 is 5.47. The molecule has 0 amide bonds. The van der Waals surface area contributed by atoms with Crippen LogP contribution in [0, 0.1) is 6.10 Å². The first-order chi connectivity index (χ1) is 8.09. The van der Waals surface area contributed by atoms with Crippen molar-refractivity contribution in [3.8, 4) is 0 Å². The molecule has 1 saturated heterocycles. The molecule has 0 aromatic carbocycles. The van der Waals surface area contributed by atoms with Crippen molar-refractivity contribution >= 4 is 0 Å². The van der Waals surface area contributed by atoms with E-state index in [4.69, 9.17) is 9.84 Å². The first-order valence-electron chi connectivity index (χ1n) is 6.32. The summed E-state index contributed by atoms with van der Waals surface area (Å²) in [6.07, 6.45) is 1.85. The predicted octanol–water partition coefficient (Wildman–Crippen LogP) is -0.283. The van der Waals surface area contributed by atoms with E-state index in [0.29, 0.717) is 18.9 Å². The van der Waals surface area contributed by atoms with E-state index >= 15 is 0 Å². The molecule has 99 valence electrons. The summed E-state index contributed by atoms with van der Waals surface area (Å²) in [5.74, 6) is 0. The summed E-state index contributed by atoms with van der Waals surface area (Å²) >= 11 is 0. The highest BCUT2D eigenvalue weighted by molar-refractivity contribution is 5.13. The third-order valence-electron chi connectivity index (χ3n) is 3.86. The molecule has 5 nitrogen and oxygen atoms in total. The zero-order valence-corrected chi connectivity index (χ0v) is 9.88. The lowest BCUT2D eigenvalue weighted by Crippen LogP contribution is -2.63. The molecule has 0 aromatic heterocycles. The van der Waals surface area contributed by atoms with Gasteiger partial charge >= 0.3 is 0 Å². The van der Waals surface area contributed by atoms with E-state index < -0.39 is 23.9 Å². The second-order valence-electron chi connectivity index (χ2n) is 5.04. The van der Waals surface area contributed by atoms with E-state index in [9.17, 15) is 15.3 Å². The highest BCUT2D eigenvalue weighted by atomic mass is 16.5. The molecule has 17 heavy (non-hydrogen) atoms. The van der Waals surface area contributed by atoms with Crippen molar-refractivity contribution in [2.24, 2.45) is 0 Å². The number of aliphatic hydroxyl groups is 4. The Kier molecular flexibility index (Phi) is 4.05. The Hall–Kier alpha value is -0.200. The molecule has 4 atom stereocenters. The molecule has 0 spiro atoms. The highest BCUT2D eigenvalue weighted by Gasteiger charge is 2.54. The molecule has 1 heterocycles.